The molecule has 3 aromatic rings. The molecule has 1 fully saturated rings. The monoisotopic (exact) mass is 440 g/mol. The van der Waals surface area contributed by atoms with E-state index in [0.29, 0.717) is 36.6 Å². The summed E-state index contributed by atoms with van der Waals surface area (Å²) in [5, 5.41) is 3.01. The smallest absolute Gasteiger partial charge is 0.349 e. The maximum Gasteiger partial charge on any atom is 0.416 e. The zero-order valence-electron chi connectivity index (χ0n) is 17.3. The van der Waals surface area contributed by atoms with E-state index in [1.807, 2.05) is 30.3 Å². The molecular formula is C24H23F3N4O. The van der Waals surface area contributed by atoms with Crippen LogP contribution in [0.4, 0.5) is 13.2 Å². The Morgan fingerprint density at radius 1 is 1.00 bits per heavy atom. The van der Waals surface area contributed by atoms with Crippen LogP contribution in [-0.4, -0.2) is 39.9 Å². The van der Waals surface area contributed by atoms with Crippen molar-refractivity contribution in [3.8, 4) is 11.4 Å². The van der Waals surface area contributed by atoms with Crippen LogP contribution in [0.15, 0.2) is 67.0 Å². The molecule has 0 aliphatic carbocycles. The van der Waals surface area contributed by atoms with Gasteiger partial charge in [0.2, 0.25) is 0 Å². The minimum absolute atomic E-state index is 0.00839. The van der Waals surface area contributed by atoms with Gasteiger partial charge in [0.05, 0.1) is 11.1 Å². The van der Waals surface area contributed by atoms with Gasteiger partial charge in [0.15, 0.2) is 5.82 Å². The second-order valence-electron chi connectivity index (χ2n) is 7.88. The van der Waals surface area contributed by atoms with Gasteiger partial charge in [-0.1, -0.05) is 48.5 Å². The lowest BCUT2D eigenvalue weighted by Crippen LogP contribution is -2.44. The molecule has 8 heteroatoms. The number of hydrogen-bond acceptors (Lipinski definition) is 4. The lowest BCUT2D eigenvalue weighted by Gasteiger charge is -2.32. The first-order valence-electron chi connectivity index (χ1n) is 10.5. The van der Waals surface area contributed by atoms with Gasteiger partial charge in [-0.3, -0.25) is 9.69 Å². The van der Waals surface area contributed by atoms with Crippen LogP contribution < -0.4 is 5.32 Å². The third kappa shape index (κ3) is 5.50. The van der Waals surface area contributed by atoms with E-state index in [-0.39, 0.29) is 11.9 Å². The Bertz CT molecular complexity index is 1050. The van der Waals surface area contributed by atoms with E-state index in [1.54, 1.807) is 6.07 Å². The Kier molecular flexibility index (Phi) is 6.50. The van der Waals surface area contributed by atoms with Gasteiger partial charge < -0.3 is 5.32 Å². The predicted molar refractivity (Wildman–Crippen MR) is 115 cm³/mol. The molecule has 1 N–H and O–H groups in total. The fraction of sp³-hybridized carbons (Fsp3) is 0.292. The normalized spacial score (nSPS) is 15.5. The highest BCUT2D eigenvalue weighted by atomic mass is 19.4. The summed E-state index contributed by atoms with van der Waals surface area (Å²) >= 11 is 0. The zero-order valence-corrected chi connectivity index (χ0v) is 17.3. The largest absolute Gasteiger partial charge is 0.416 e. The first kappa shape index (κ1) is 22.0. The lowest BCUT2D eigenvalue weighted by atomic mass is 10.0. The standard InChI is InChI=1S/C24H23F3N4O/c25-24(26,27)20-8-4-5-17(13-20)16-31-11-9-21(10-12-31)30-23(32)19-14-28-22(29-15-19)18-6-2-1-3-7-18/h1-8,13-15,21H,9-12,16H2,(H,30,32). The number of amides is 1. The van der Waals surface area contributed by atoms with Crippen LogP contribution >= 0.6 is 0 Å². The summed E-state index contributed by atoms with van der Waals surface area (Å²) in [5.74, 6) is 0.339. The Morgan fingerprint density at radius 3 is 2.34 bits per heavy atom. The average molecular weight is 440 g/mol. The first-order valence-corrected chi connectivity index (χ1v) is 10.5. The van der Waals surface area contributed by atoms with Gasteiger partial charge in [-0.25, -0.2) is 9.97 Å². The molecule has 0 spiro atoms. The molecule has 1 amide bonds. The molecule has 2 heterocycles. The Labute approximate surface area is 184 Å². The van der Waals surface area contributed by atoms with Gasteiger partial charge in [0.25, 0.3) is 5.91 Å². The fourth-order valence-corrected chi connectivity index (χ4v) is 3.79. The number of halogens is 3. The number of aromatic nitrogens is 2. The second-order valence-corrected chi connectivity index (χ2v) is 7.88. The minimum atomic E-state index is -4.34. The van der Waals surface area contributed by atoms with Crippen LogP contribution in [-0.2, 0) is 12.7 Å². The van der Waals surface area contributed by atoms with Crippen molar-refractivity contribution in [2.24, 2.45) is 0 Å². The molecule has 1 aliphatic rings. The van der Waals surface area contributed by atoms with Crippen molar-refractivity contribution >= 4 is 5.91 Å². The van der Waals surface area contributed by atoms with Crippen LogP contribution in [0.5, 0.6) is 0 Å². The van der Waals surface area contributed by atoms with E-state index < -0.39 is 11.7 Å². The molecule has 32 heavy (non-hydrogen) atoms. The zero-order chi connectivity index (χ0) is 22.6. The fourth-order valence-electron chi connectivity index (χ4n) is 3.79. The summed E-state index contributed by atoms with van der Waals surface area (Å²) < 4.78 is 38.7. The summed E-state index contributed by atoms with van der Waals surface area (Å²) in [6, 6.07) is 15.0. The van der Waals surface area contributed by atoms with E-state index in [2.05, 4.69) is 20.2 Å². The van der Waals surface area contributed by atoms with Crippen molar-refractivity contribution in [3.05, 3.63) is 83.7 Å². The Morgan fingerprint density at radius 2 is 1.69 bits per heavy atom. The molecule has 2 aromatic carbocycles. The molecule has 4 rings (SSSR count). The van der Waals surface area contributed by atoms with Crippen molar-refractivity contribution in [2.75, 3.05) is 13.1 Å². The number of hydrogen-bond donors (Lipinski definition) is 1. The minimum Gasteiger partial charge on any atom is -0.349 e. The number of nitrogens with zero attached hydrogens (tertiary/aromatic N) is 3. The van der Waals surface area contributed by atoms with Crippen molar-refractivity contribution in [1.29, 1.82) is 0 Å². The molecule has 0 bridgehead atoms. The van der Waals surface area contributed by atoms with Gasteiger partial charge in [0.1, 0.15) is 0 Å². The third-order valence-electron chi connectivity index (χ3n) is 5.53. The molecule has 166 valence electrons. The van der Waals surface area contributed by atoms with Crippen LogP contribution in [0.3, 0.4) is 0 Å². The summed E-state index contributed by atoms with van der Waals surface area (Å²) in [6.07, 6.45) is 0.165. The Balaban J connectivity index is 1.28. The van der Waals surface area contributed by atoms with E-state index in [4.69, 9.17) is 0 Å². The summed E-state index contributed by atoms with van der Waals surface area (Å²) in [7, 11) is 0. The van der Waals surface area contributed by atoms with Crippen molar-refractivity contribution in [1.82, 2.24) is 20.2 Å². The number of piperidine rings is 1. The summed E-state index contributed by atoms with van der Waals surface area (Å²) in [6.45, 7) is 1.86. The van der Waals surface area contributed by atoms with E-state index >= 15 is 0 Å². The summed E-state index contributed by atoms with van der Waals surface area (Å²) in [4.78, 5) is 23.2. The second kappa shape index (κ2) is 9.48. The van der Waals surface area contributed by atoms with Crippen LogP contribution in [0.25, 0.3) is 11.4 Å². The quantitative estimate of drug-likeness (QED) is 0.632. The lowest BCUT2D eigenvalue weighted by molar-refractivity contribution is -0.137. The number of carbonyl (C=O) groups excluding carboxylic acids is 1. The van der Waals surface area contributed by atoms with Crippen molar-refractivity contribution in [2.45, 2.75) is 31.6 Å². The van der Waals surface area contributed by atoms with Crippen LogP contribution in [0.2, 0.25) is 0 Å². The van der Waals surface area contributed by atoms with Gasteiger partial charge in [-0.15, -0.1) is 0 Å². The van der Waals surface area contributed by atoms with Crippen LogP contribution in [0, 0.1) is 0 Å². The SMILES string of the molecule is O=C(NC1CCN(Cc2cccc(C(F)(F)F)c2)CC1)c1cnc(-c2ccccc2)nc1. The van der Waals surface area contributed by atoms with Gasteiger partial charge in [-0.05, 0) is 24.5 Å². The third-order valence-corrected chi connectivity index (χ3v) is 5.53. The molecule has 0 saturated carbocycles. The maximum atomic E-state index is 12.9. The average Bonchev–Trinajstić information content (AvgIpc) is 2.81. The number of carbonyl (C=O) groups is 1. The maximum absolute atomic E-state index is 12.9. The predicted octanol–water partition coefficient (Wildman–Crippen LogP) is 4.56. The van der Waals surface area contributed by atoms with Gasteiger partial charge in [-0.2, -0.15) is 13.2 Å². The number of benzene rings is 2. The molecular weight excluding hydrogens is 417 g/mol. The number of likely N-dealkylation sites (tertiary alicyclic amines) is 1. The van der Waals surface area contributed by atoms with Gasteiger partial charge >= 0.3 is 6.18 Å². The molecule has 1 aromatic heterocycles. The molecule has 1 saturated heterocycles. The molecule has 1 aliphatic heterocycles. The number of nitrogens with one attached hydrogen (secondary N) is 1. The highest BCUT2D eigenvalue weighted by molar-refractivity contribution is 5.93. The Hall–Kier alpha value is -3.26. The summed E-state index contributed by atoms with van der Waals surface area (Å²) in [5.41, 5.74) is 1.29. The van der Waals surface area contributed by atoms with E-state index in [9.17, 15) is 18.0 Å². The van der Waals surface area contributed by atoms with Crippen molar-refractivity contribution in [3.63, 3.8) is 0 Å². The van der Waals surface area contributed by atoms with E-state index in [1.165, 1.54) is 24.5 Å². The van der Waals surface area contributed by atoms with E-state index in [0.717, 1.165) is 24.5 Å². The molecule has 0 atom stereocenters. The highest BCUT2D eigenvalue weighted by Crippen LogP contribution is 2.30. The molecule has 0 radical (unpaired) electrons. The highest BCUT2D eigenvalue weighted by Gasteiger charge is 2.30. The van der Waals surface area contributed by atoms with Crippen molar-refractivity contribution < 1.29 is 18.0 Å². The number of rotatable bonds is 5. The number of alkyl halides is 3. The van der Waals surface area contributed by atoms with Gasteiger partial charge in [0, 0.05) is 43.6 Å². The molecule has 5 nitrogen and oxygen atoms in total. The first-order chi connectivity index (χ1) is 15.4. The topological polar surface area (TPSA) is 58.1 Å². The molecule has 0 unspecified atom stereocenters. The van der Waals surface area contributed by atoms with Crippen LogP contribution in [0.1, 0.15) is 34.3 Å².